The zero-order chi connectivity index (χ0) is 26.5. The van der Waals surface area contributed by atoms with E-state index in [4.69, 9.17) is 0 Å². The number of aromatic nitrogens is 3. The number of pyridine rings is 1. The Bertz CT molecular complexity index is 1410. The number of aliphatic hydroxyl groups excluding tert-OH is 1. The van der Waals surface area contributed by atoms with Crippen molar-refractivity contribution in [1.82, 2.24) is 14.8 Å². The standard InChI is InChI=1S/C22H20F5N3O5S/c1-21(10-36(33,34)11-21)7-16(31)13-6-15-19(28-8-13)18(29-30(15)9-17(32)22(25,26)27)12-3-2-4-14(5-12)35-20(23)24/h2-6,8,17,20,32H,7,9-11H2,1H3. The molecule has 1 saturated heterocycles. The van der Waals surface area contributed by atoms with E-state index in [1.807, 2.05) is 0 Å². The highest BCUT2D eigenvalue weighted by molar-refractivity contribution is 7.92. The average molecular weight is 533 g/mol. The Morgan fingerprint density at radius 1 is 1.25 bits per heavy atom. The van der Waals surface area contributed by atoms with Gasteiger partial charge in [0.2, 0.25) is 0 Å². The molecule has 1 aliphatic heterocycles. The summed E-state index contributed by atoms with van der Waals surface area (Å²) in [5.74, 6) is -0.979. The molecule has 4 rings (SSSR count). The Morgan fingerprint density at radius 3 is 2.56 bits per heavy atom. The molecule has 1 aliphatic rings. The van der Waals surface area contributed by atoms with Crippen molar-refractivity contribution in [3.63, 3.8) is 0 Å². The molecule has 1 aromatic carbocycles. The molecule has 3 heterocycles. The van der Waals surface area contributed by atoms with Crippen LogP contribution in [-0.2, 0) is 16.4 Å². The Labute approximate surface area is 201 Å². The molecule has 0 spiro atoms. The van der Waals surface area contributed by atoms with Crippen LogP contribution in [0.1, 0.15) is 23.7 Å². The molecular weight excluding hydrogens is 513 g/mol. The number of Topliss-reactive ketones (excluding diaryl/α,β-unsaturated/α-hetero) is 1. The highest BCUT2D eigenvalue weighted by Gasteiger charge is 2.46. The molecule has 0 bridgehead atoms. The number of fused-ring (bicyclic) bond motifs is 1. The predicted octanol–water partition coefficient (Wildman–Crippen LogP) is 3.63. The largest absolute Gasteiger partial charge is 0.435 e. The van der Waals surface area contributed by atoms with Gasteiger partial charge < -0.3 is 9.84 Å². The van der Waals surface area contributed by atoms with Gasteiger partial charge in [0.25, 0.3) is 0 Å². The molecule has 1 unspecified atom stereocenters. The first-order chi connectivity index (χ1) is 16.7. The van der Waals surface area contributed by atoms with Crippen molar-refractivity contribution in [2.45, 2.75) is 38.8 Å². The zero-order valence-corrected chi connectivity index (χ0v) is 19.5. The summed E-state index contributed by atoms with van der Waals surface area (Å²) in [5, 5.41) is 13.7. The van der Waals surface area contributed by atoms with Crippen LogP contribution in [0.5, 0.6) is 5.75 Å². The van der Waals surface area contributed by atoms with E-state index in [0.717, 1.165) is 4.68 Å². The van der Waals surface area contributed by atoms with Crippen molar-refractivity contribution in [1.29, 1.82) is 0 Å². The van der Waals surface area contributed by atoms with Crippen LogP contribution in [0.15, 0.2) is 36.5 Å². The third-order valence-corrected chi connectivity index (χ3v) is 7.97. The second-order valence-electron chi connectivity index (χ2n) is 9.03. The van der Waals surface area contributed by atoms with Crippen molar-refractivity contribution in [2.24, 2.45) is 5.41 Å². The molecular formula is C22H20F5N3O5S. The van der Waals surface area contributed by atoms with Crippen molar-refractivity contribution >= 4 is 26.7 Å². The van der Waals surface area contributed by atoms with Crippen molar-refractivity contribution in [3.05, 3.63) is 42.1 Å². The SMILES string of the molecule is CC1(CC(=O)c2cnc3c(-c4cccc(OC(F)F)c4)nn(CC(O)C(F)(F)F)c3c2)CS(=O)(=O)C1. The molecule has 1 atom stereocenters. The van der Waals surface area contributed by atoms with Crippen LogP contribution in [-0.4, -0.2) is 64.5 Å². The Kier molecular flexibility index (Phi) is 6.54. The number of halogens is 5. The van der Waals surface area contributed by atoms with E-state index < -0.39 is 46.5 Å². The van der Waals surface area contributed by atoms with Crippen molar-refractivity contribution < 1.29 is 45.0 Å². The van der Waals surface area contributed by atoms with Gasteiger partial charge in [0.15, 0.2) is 21.7 Å². The number of hydrogen-bond acceptors (Lipinski definition) is 7. The van der Waals surface area contributed by atoms with E-state index >= 15 is 0 Å². The fraction of sp³-hybridized carbons (Fsp3) is 0.409. The Morgan fingerprint density at radius 2 is 1.94 bits per heavy atom. The van der Waals surface area contributed by atoms with Gasteiger partial charge in [-0.05, 0) is 18.2 Å². The normalized spacial score (nSPS) is 17.7. The van der Waals surface area contributed by atoms with Gasteiger partial charge in [-0.15, -0.1) is 0 Å². The molecule has 194 valence electrons. The molecule has 36 heavy (non-hydrogen) atoms. The van der Waals surface area contributed by atoms with Crippen LogP contribution in [0.4, 0.5) is 22.0 Å². The van der Waals surface area contributed by atoms with E-state index in [9.17, 15) is 40.3 Å². The fourth-order valence-corrected chi connectivity index (χ4v) is 6.48. The maximum absolute atomic E-state index is 13.0. The summed E-state index contributed by atoms with van der Waals surface area (Å²) in [7, 11) is -3.20. The first-order valence-corrected chi connectivity index (χ1v) is 12.4. The molecule has 8 nitrogen and oxygen atoms in total. The van der Waals surface area contributed by atoms with E-state index in [2.05, 4.69) is 14.8 Å². The molecule has 1 N–H and O–H groups in total. The highest BCUT2D eigenvalue weighted by Crippen LogP contribution is 2.37. The molecule has 0 radical (unpaired) electrons. The number of aliphatic hydroxyl groups is 1. The predicted molar refractivity (Wildman–Crippen MR) is 117 cm³/mol. The lowest BCUT2D eigenvalue weighted by Gasteiger charge is -2.37. The lowest BCUT2D eigenvalue weighted by atomic mass is 9.86. The zero-order valence-electron chi connectivity index (χ0n) is 18.7. The second-order valence-corrected chi connectivity index (χ2v) is 11.1. The number of alkyl halides is 5. The summed E-state index contributed by atoms with van der Waals surface area (Å²) in [6.07, 6.45) is -6.65. The minimum atomic E-state index is -4.95. The van der Waals surface area contributed by atoms with Gasteiger partial charge in [-0.25, -0.2) is 8.42 Å². The second kappa shape index (κ2) is 9.07. The van der Waals surface area contributed by atoms with Crippen LogP contribution >= 0.6 is 0 Å². The lowest BCUT2D eigenvalue weighted by molar-refractivity contribution is -0.207. The van der Waals surface area contributed by atoms with Crippen LogP contribution < -0.4 is 4.74 Å². The van der Waals surface area contributed by atoms with Crippen molar-refractivity contribution in [2.75, 3.05) is 11.5 Å². The third-order valence-electron chi connectivity index (χ3n) is 5.69. The van der Waals surface area contributed by atoms with Gasteiger partial charge in [0, 0.05) is 29.2 Å². The smallest absolute Gasteiger partial charge is 0.416 e. The number of sulfone groups is 1. The maximum atomic E-state index is 13.0. The Hall–Kier alpha value is -3.13. The number of hydrogen-bond donors (Lipinski definition) is 1. The van der Waals surface area contributed by atoms with Crippen LogP contribution in [0.3, 0.4) is 0 Å². The number of nitrogens with zero attached hydrogens (tertiary/aromatic N) is 3. The molecule has 3 aromatic rings. The quantitative estimate of drug-likeness (QED) is 0.348. The molecule has 14 heteroatoms. The number of carbonyl (C=O) groups excluding carboxylic acids is 1. The number of rotatable bonds is 8. The van der Waals surface area contributed by atoms with E-state index in [1.54, 1.807) is 6.92 Å². The fourth-order valence-electron chi connectivity index (χ4n) is 4.24. The van der Waals surface area contributed by atoms with Gasteiger partial charge >= 0.3 is 12.8 Å². The number of carbonyl (C=O) groups is 1. The number of benzene rings is 1. The molecule has 1 fully saturated rings. The van der Waals surface area contributed by atoms with E-state index in [1.165, 1.54) is 36.5 Å². The van der Waals surface area contributed by atoms with Gasteiger partial charge in [0.1, 0.15) is 17.0 Å². The van der Waals surface area contributed by atoms with Gasteiger partial charge in [-0.1, -0.05) is 19.1 Å². The summed E-state index contributed by atoms with van der Waals surface area (Å²) in [5.41, 5.74) is -0.448. The van der Waals surface area contributed by atoms with Gasteiger partial charge in [0.05, 0.1) is 23.6 Å². The molecule has 0 saturated carbocycles. The minimum Gasteiger partial charge on any atom is -0.435 e. The van der Waals surface area contributed by atoms with Crippen LogP contribution in [0.2, 0.25) is 0 Å². The topological polar surface area (TPSA) is 111 Å². The van der Waals surface area contributed by atoms with E-state index in [0.29, 0.717) is 0 Å². The monoisotopic (exact) mass is 533 g/mol. The minimum absolute atomic E-state index is 0.00860. The first kappa shape index (κ1) is 25.9. The summed E-state index contributed by atoms with van der Waals surface area (Å²) >= 11 is 0. The van der Waals surface area contributed by atoms with Crippen LogP contribution in [0.25, 0.3) is 22.3 Å². The van der Waals surface area contributed by atoms with Gasteiger partial charge in [-0.3, -0.25) is 14.5 Å². The Balaban J connectivity index is 1.75. The van der Waals surface area contributed by atoms with E-state index in [-0.39, 0.29) is 51.5 Å². The summed E-state index contributed by atoms with van der Waals surface area (Å²) in [6, 6.07) is 6.57. The van der Waals surface area contributed by atoms with Gasteiger partial charge in [-0.2, -0.15) is 27.1 Å². The number of ketones is 1. The lowest BCUT2D eigenvalue weighted by Crippen LogP contribution is -2.47. The molecule has 2 aromatic heterocycles. The summed E-state index contributed by atoms with van der Waals surface area (Å²) in [4.78, 5) is 17.0. The molecule has 0 amide bonds. The molecule has 0 aliphatic carbocycles. The summed E-state index contributed by atoms with van der Waals surface area (Å²) in [6.45, 7) is -2.47. The van der Waals surface area contributed by atoms with Crippen LogP contribution in [0, 0.1) is 5.41 Å². The van der Waals surface area contributed by atoms with Crippen molar-refractivity contribution in [3.8, 4) is 17.0 Å². The third kappa shape index (κ3) is 5.48. The highest BCUT2D eigenvalue weighted by atomic mass is 32.2. The average Bonchev–Trinajstić information content (AvgIpc) is 3.08. The maximum Gasteiger partial charge on any atom is 0.416 e. The number of ether oxygens (including phenoxy) is 1. The first-order valence-electron chi connectivity index (χ1n) is 10.6. The summed E-state index contributed by atoms with van der Waals surface area (Å²) < 4.78 is 92.7.